The molecule has 0 saturated carbocycles. The third-order valence-corrected chi connectivity index (χ3v) is 4.72. The number of oxazole rings is 1. The van der Waals surface area contributed by atoms with Crippen LogP contribution in [0.4, 0.5) is 0 Å². The number of rotatable bonds is 5. The summed E-state index contributed by atoms with van der Waals surface area (Å²) >= 11 is 0. The molecule has 0 radical (unpaired) electrons. The zero-order chi connectivity index (χ0) is 17.9. The molecule has 7 nitrogen and oxygen atoms in total. The summed E-state index contributed by atoms with van der Waals surface area (Å²) in [4.78, 5) is 29.7. The minimum atomic E-state index is 0.195. The van der Waals surface area contributed by atoms with Crippen LogP contribution in [-0.4, -0.2) is 70.3 Å². The van der Waals surface area contributed by atoms with Gasteiger partial charge < -0.3 is 9.32 Å². The minimum absolute atomic E-state index is 0.195. The number of likely N-dealkylation sites (N-methyl/N-ethyl adjacent to an activating group) is 1. The lowest BCUT2D eigenvalue weighted by Crippen LogP contribution is -2.46. The molecule has 4 heterocycles. The number of ketones is 1. The average Bonchev–Trinajstić information content (AvgIpc) is 3.18. The van der Waals surface area contributed by atoms with E-state index in [1.54, 1.807) is 18.6 Å². The van der Waals surface area contributed by atoms with Gasteiger partial charge in [0.25, 0.3) is 0 Å². The summed E-state index contributed by atoms with van der Waals surface area (Å²) in [7, 11) is 2.11. The molecular formula is C19H21N5O2. The SMILES string of the molecule is CN1CCN(CC(=O)Cc2cc3cc(-c4cnco4)cnc3cn2)CC1. The molecule has 0 spiro atoms. The first kappa shape index (κ1) is 16.8. The molecule has 26 heavy (non-hydrogen) atoms. The molecule has 1 aliphatic rings. The molecule has 0 N–H and O–H groups in total. The summed E-state index contributed by atoms with van der Waals surface area (Å²) in [6.07, 6.45) is 6.86. The molecule has 1 aliphatic heterocycles. The number of hydrogen-bond acceptors (Lipinski definition) is 7. The van der Waals surface area contributed by atoms with E-state index in [2.05, 4.69) is 31.8 Å². The maximum Gasteiger partial charge on any atom is 0.181 e. The fraction of sp³-hybridized carbons (Fsp3) is 0.368. The van der Waals surface area contributed by atoms with Gasteiger partial charge in [-0.15, -0.1) is 0 Å². The average molecular weight is 351 g/mol. The summed E-state index contributed by atoms with van der Waals surface area (Å²) in [5, 5.41) is 0.941. The van der Waals surface area contributed by atoms with E-state index >= 15 is 0 Å². The number of aromatic nitrogens is 3. The summed E-state index contributed by atoms with van der Waals surface area (Å²) in [5.74, 6) is 0.865. The van der Waals surface area contributed by atoms with E-state index in [0.29, 0.717) is 18.7 Å². The Morgan fingerprint density at radius 3 is 2.73 bits per heavy atom. The van der Waals surface area contributed by atoms with Crippen LogP contribution in [0.1, 0.15) is 5.69 Å². The van der Waals surface area contributed by atoms with Crippen molar-refractivity contribution < 1.29 is 9.21 Å². The van der Waals surface area contributed by atoms with E-state index in [9.17, 15) is 4.79 Å². The molecule has 3 aromatic rings. The molecule has 0 aromatic carbocycles. The number of piperazine rings is 1. The maximum atomic E-state index is 12.4. The molecule has 1 saturated heterocycles. The van der Waals surface area contributed by atoms with Crippen LogP contribution in [0.3, 0.4) is 0 Å². The monoisotopic (exact) mass is 351 g/mol. The molecule has 0 bridgehead atoms. The summed E-state index contributed by atoms with van der Waals surface area (Å²) < 4.78 is 5.33. The summed E-state index contributed by atoms with van der Waals surface area (Å²) in [6, 6.07) is 3.92. The Morgan fingerprint density at radius 1 is 1.12 bits per heavy atom. The molecule has 0 aliphatic carbocycles. The van der Waals surface area contributed by atoms with Gasteiger partial charge in [0, 0.05) is 49.0 Å². The molecule has 1 fully saturated rings. The number of carbonyl (C=O) groups excluding carboxylic acids is 1. The van der Waals surface area contributed by atoms with Gasteiger partial charge in [-0.1, -0.05) is 0 Å². The van der Waals surface area contributed by atoms with Crippen molar-refractivity contribution in [1.82, 2.24) is 24.8 Å². The molecule has 4 rings (SSSR count). The Morgan fingerprint density at radius 2 is 1.96 bits per heavy atom. The van der Waals surface area contributed by atoms with E-state index in [-0.39, 0.29) is 5.78 Å². The van der Waals surface area contributed by atoms with Crippen LogP contribution in [0.5, 0.6) is 0 Å². The van der Waals surface area contributed by atoms with Crippen molar-refractivity contribution in [3.63, 3.8) is 0 Å². The highest BCUT2D eigenvalue weighted by Gasteiger charge is 2.17. The molecule has 0 amide bonds. The zero-order valence-electron chi connectivity index (χ0n) is 14.8. The van der Waals surface area contributed by atoms with E-state index in [0.717, 1.165) is 48.3 Å². The number of carbonyl (C=O) groups is 1. The fourth-order valence-corrected chi connectivity index (χ4v) is 3.18. The Balaban J connectivity index is 1.47. The first-order valence-corrected chi connectivity index (χ1v) is 8.73. The molecule has 0 unspecified atom stereocenters. The molecule has 7 heteroatoms. The van der Waals surface area contributed by atoms with Crippen LogP contribution >= 0.6 is 0 Å². The standard InChI is InChI=1S/C19H21N5O2/c1-23-2-4-24(5-3-23)12-17(25)8-16-7-14-6-15(19-11-20-13-26-19)9-22-18(14)10-21-16/h6-7,9-11,13H,2-5,8,12H2,1H3. The van der Waals surface area contributed by atoms with Crippen LogP contribution in [0.15, 0.2) is 41.5 Å². The predicted octanol–water partition coefficient (Wildman–Crippen LogP) is 1.64. The van der Waals surface area contributed by atoms with Gasteiger partial charge in [0.2, 0.25) is 0 Å². The van der Waals surface area contributed by atoms with Gasteiger partial charge >= 0.3 is 0 Å². The number of pyridine rings is 2. The largest absolute Gasteiger partial charge is 0.443 e. The van der Waals surface area contributed by atoms with Gasteiger partial charge in [-0.2, -0.15) is 0 Å². The quantitative estimate of drug-likeness (QED) is 0.692. The third kappa shape index (κ3) is 3.79. The third-order valence-electron chi connectivity index (χ3n) is 4.72. The van der Waals surface area contributed by atoms with E-state index in [4.69, 9.17) is 4.42 Å². The van der Waals surface area contributed by atoms with Gasteiger partial charge in [-0.3, -0.25) is 19.7 Å². The van der Waals surface area contributed by atoms with Crippen LogP contribution in [0.2, 0.25) is 0 Å². The van der Waals surface area contributed by atoms with Gasteiger partial charge in [-0.05, 0) is 19.2 Å². The van der Waals surface area contributed by atoms with Crippen LogP contribution in [0.25, 0.3) is 22.2 Å². The molecule has 3 aromatic heterocycles. The van der Waals surface area contributed by atoms with Crippen molar-refractivity contribution in [2.45, 2.75) is 6.42 Å². The highest BCUT2D eigenvalue weighted by Crippen LogP contribution is 2.22. The Bertz CT molecular complexity index is 901. The second kappa shape index (κ2) is 7.31. The van der Waals surface area contributed by atoms with Crippen molar-refractivity contribution in [2.24, 2.45) is 0 Å². The number of hydrogen-bond donors (Lipinski definition) is 0. The number of fused-ring (bicyclic) bond motifs is 1. The fourth-order valence-electron chi connectivity index (χ4n) is 3.18. The predicted molar refractivity (Wildman–Crippen MR) is 97.7 cm³/mol. The Kier molecular flexibility index (Phi) is 4.73. The highest BCUT2D eigenvalue weighted by molar-refractivity contribution is 5.85. The molecular weight excluding hydrogens is 330 g/mol. The van der Waals surface area contributed by atoms with Crippen molar-refractivity contribution in [2.75, 3.05) is 39.8 Å². The second-order valence-corrected chi connectivity index (χ2v) is 6.75. The smallest absolute Gasteiger partial charge is 0.181 e. The lowest BCUT2D eigenvalue weighted by molar-refractivity contribution is -0.120. The van der Waals surface area contributed by atoms with Gasteiger partial charge in [0.15, 0.2) is 17.9 Å². The highest BCUT2D eigenvalue weighted by atomic mass is 16.3. The molecule has 0 atom stereocenters. The first-order valence-electron chi connectivity index (χ1n) is 8.73. The summed E-state index contributed by atoms with van der Waals surface area (Å²) in [6.45, 7) is 4.40. The van der Waals surface area contributed by atoms with E-state index in [1.165, 1.54) is 6.39 Å². The van der Waals surface area contributed by atoms with Crippen LogP contribution < -0.4 is 0 Å². The van der Waals surface area contributed by atoms with Crippen molar-refractivity contribution in [3.8, 4) is 11.3 Å². The first-order chi connectivity index (χ1) is 12.7. The van der Waals surface area contributed by atoms with Gasteiger partial charge in [0.05, 0.1) is 30.9 Å². The van der Waals surface area contributed by atoms with E-state index in [1.807, 2.05) is 12.1 Å². The normalized spacial score (nSPS) is 16.2. The zero-order valence-corrected chi connectivity index (χ0v) is 14.8. The van der Waals surface area contributed by atoms with Crippen LogP contribution in [0, 0.1) is 0 Å². The van der Waals surface area contributed by atoms with Crippen molar-refractivity contribution >= 4 is 16.7 Å². The number of nitrogens with zero attached hydrogens (tertiary/aromatic N) is 5. The van der Waals surface area contributed by atoms with Crippen molar-refractivity contribution in [3.05, 3.63) is 42.8 Å². The Hall–Kier alpha value is -2.64. The van der Waals surface area contributed by atoms with Gasteiger partial charge in [0.1, 0.15) is 0 Å². The lowest BCUT2D eigenvalue weighted by Gasteiger charge is -2.31. The topological polar surface area (TPSA) is 75.4 Å². The van der Waals surface area contributed by atoms with Crippen LogP contribution in [-0.2, 0) is 11.2 Å². The number of Topliss-reactive ketones (excluding diaryl/α,β-unsaturated/α-hetero) is 1. The van der Waals surface area contributed by atoms with E-state index < -0.39 is 0 Å². The maximum absolute atomic E-state index is 12.4. The van der Waals surface area contributed by atoms with Crippen molar-refractivity contribution in [1.29, 1.82) is 0 Å². The molecule has 134 valence electrons. The second-order valence-electron chi connectivity index (χ2n) is 6.75. The van der Waals surface area contributed by atoms with Gasteiger partial charge in [-0.25, -0.2) is 4.98 Å². The Labute approximate surface area is 151 Å². The minimum Gasteiger partial charge on any atom is -0.443 e. The lowest BCUT2D eigenvalue weighted by atomic mass is 10.1. The summed E-state index contributed by atoms with van der Waals surface area (Å²) in [5.41, 5.74) is 2.42.